The van der Waals surface area contributed by atoms with Crippen molar-refractivity contribution >= 4 is 17.3 Å². The lowest BCUT2D eigenvalue weighted by molar-refractivity contribution is 0.125. The molecular weight excluding hydrogens is 304 g/mol. The number of unbranched alkanes of at least 4 members (excludes halogenated alkanes) is 2. The molecule has 2 rings (SSSR count). The van der Waals surface area contributed by atoms with Crippen LogP contribution in [0, 0.1) is 5.92 Å². The van der Waals surface area contributed by atoms with E-state index in [1.807, 2.05) is 18.4 Å². The first-order valence-corrected chi connectivity index (χ1v) is 9.82. The predicted octanol–water partition coefficient (Wildman–Crippen LogP) is 3.49. The molecule has 130 valence electrons. The molecule has 1 aromatic heterocycles. The highest BCUT2D eigenvalue weighted by Gasteiger charge is 2.31. The molecule has 1 fully saturated rings. The largest absolute Gasteiger partial charge is 0.356 e. The van der Waals surface area contributed by atoms with Crippen molar-refractivity contribution in [2.75, 3.05) is 33.7 Å². The molecule has 0 saturated carbocycles. The van der Waals surface area contributed by atoms with Crippen LogP contribution in [0.4, 0.5) is 0 Å². The molecule has 5 heteroatoms. The van der Waals surface area contributed by atoms with Crippen LogP contribution in [0.1, 0.15) is 49.9 Å². The van der Waals surface area contributed by atoms with E-state index in [4.69, 9.17) is 0 Å². The van der Waals surface area contributed by atoms with Crippen molar-refractivity contribution in [1.29, 1.82) is 0 Å². The summed E-state index contributed by atoms with van der Waals surface area (Å²) in [4.78, 5) is 8.36. The molecule has 2 N–H and O–H groups in total. The monoisotopic (exact) mass is 336 g/mol. The third-order valence-corrected chi connectivity index (χ3v) is 5.61. The summed E-state index contributed by atoms with van der Waals surface area (Å²) < 4.78 is 0. The lowest BCUT2D eigenvalue weighted by Crippen LogP contribution is -2.45. The van der Waals surface area contributed by atoms with Crippen molar-refractivity contribution in [3.05, 3.63) is 22.4 Å². The van der Waals surface area contributed by atoms with Crippen LogP contribution in [0.15, 0.2) is 22.5 Å². The molecule has 1 saturated heterocycles. The number of hydrogen-bond donors (Lipinski definition) is 2. The van der Waals surface area contributed by atoms with E-state index in [1.165, 1.54) is 43.5 Å². The minimum atomic E-state index is 0.537. The van der Waals surface area contributed by atoms with Gasteiger partial charge in [-0.3, -0.25) is 9.89 Å². The van der Waals surface area contributed by atoms with Gasteiger partial charge in [0.2, 0.25) is 0 Å². The van der Waals surface area contributed by atoms with Crippen LogP contribution < -0.4 is 10.6 Å². The summed E-state index contributed by atoms with van der Waals surface area (Å²) in [5, 5.41) is 9.17. The Bertz CT molecular complexity index is 458. The fraction of sp³-hybridized carbons (Fsp3) is 0.722. The third-order valence-electron chi connectivity index (χ3n) is 4.67. The van der Waals surface area contributed by atoms with Gasteiger partial charge in [0.1, 0.15) is 0 Å². The minimum absolute atomic E-state index is 0.537. The molecule has 23 heavy (non-hydrogen) atoms. The molecule has 2 atom stereocenters. The molecule has 2 unspecified atom stereocenters. The molecule has 0 amide bonds. The second-order valence-corrected chi connectivity index (χ2v) is 7.41. The molecule has 0 radical (unpaired) electrons. The van der Waals surface area contributed by atoms with E-state index in [-0.39, 0.29) is 0 Å². The van der Waals surface area contributed by atoms with Crippen LogP contribution in [-0.2, 0) is 0 Å². The van der Waals surface area contributed by atoms with Gasteiger partial charge in [0.05, 0.1) is 0 Å². The maximum Gasteiger partial charge on any atom is 0.190 e. The Morgan fingerprint density at radius 2 is 2.26 bits per heavy atom. The highest BCUT2D eigenvalue weighted by Crippen LogP contribution is 2.36. The van der Waals surface area contributed by atoms with E-state index < -0.39 is 0 Å². The normalized spacial score (nSPS) is 23.0. The molecule has 1 aliphatic heterocycles. The van der Waals surface area contributed by atoms with Crippen LogP contribution in [0.3, 0.4) is 0 Å². The van der Waals surface area contributed by atoms with Crippen LogP contribution in [0.5, 0.6) is 0 Å². The second-order valence-electron chi connectivity index (χ2n) is 6.43. The number of likely N-dealkylation sites (tertiary alicyclic amines) is 1. The summed E-state index contributed by atoms with van der Waals surface area (Å²) in [5.74, 6) is 1.58. The second kappa shape index (κ2) is 9.93. The van der Waals surface area contributed by atoms with Crippen molar-refractivity contribution in [2.24, 2.45) is 10.9 Å². The van der Waals surface area contributed by atoms with Gasteiger partial charge in [-0.25, -0.2) is 0 Å². The fourth-order valence-electron chi connectivity index (χ4n) is 3.41. The average molecular weight is 337 g/mol. The van der Waals surface area contributed by atoms with Crippen LogP contribution >= 0.6 is 11.3 Å². The first kappa shape index (κ1) is 18.3. The maximum absolute atomic E-state index is 4.36. The Kier molecular flexibility index (Phi) is 7.89. The summed E-state index contributed by atoms with van der Waals surface area (Å²) in [7, 11) is 4.12. The lowest BCUT2D eigenvalue weighted by Gasteiger charge is -2.39. The Labute approximate surface area is 145 Å². The average Bonchev–Trinajstić information content (AvgIpc) is 3.08. The van der Waals surface area contributed by atoms with Crippen molar-refractivity contribution < 1.29 is 0 Å². The number of aliphatic imine (C=N–C) groups is 1. The summed E-state index contributed by atoms with van der Waals surface area (Å²) in [6, 6.07) is 4.98. The van der Waals surface area contributed by atoms with Crippen molar-refractivity contribution in [3.63, 3.8) is 0 Å². The summed E-state index contributed by atoms with van der Waals surface area (Å²) in [5.41, 5.74) is 0. The van der Waals surface area contributed by atoms with Crippen molar-refractivity contribution in [2.45, 2.75) is 45.1 Å². The number of nitrogens with one attached hydrogen (secondary N) is 2. The predicted molar refractivity (Wildman–Crippen MR) is 101 cm³/mol. The number of nitrogens with zero attached hydrogens (tertiary/aromatic N) is 2. The minimum Gasteiger partial charge on any atom is -0.356 e. The SMILES string of the molecule is CCCCCNC(=NC)NCC1CCCN(C)C1c1cccs1. The Hall–Kier alpha value is -1.07. The molecule has 0 spiro atoms. The summed E-state index contributed by atoms with van der Waals surface area (Å²) >= 11 is 1.88. The summed E-state index contributed by atoms with van der Waals surface area (Å²) in [6.07, 6.45) is 6.31. The summed E-state index contributed by atoms with van der Waals surface area (Å²) in [6.45, 7) is 5.42. The number of piperidine rings is 1. The third kappa shape index (κ3) is 5.50. The highest BCUT2D eigenvalue weighted by molar-refractivity contribution is 7.10. The standard InChI is InChI=1S/C18H32N4S/c1-4-5-6-11-20-18(19-2)21-14-15-9-7-12-22(3)17(15)16-10-8-13-23-16/h8,10,13,15,17H,4-7,9,11-12,14H2,1-3H3,(H2,19,20,21). The van der Waals surface area contributed by atoms with Gasteiger partial charge in [-0.1, -0.05) is 25.8 Å². The van der Waals surface area contributed by atoms with Gasteiger partial charge in [-0.2, -0.15) is 0 Å². The van der Waals surface area contributed by atoms with Gasteiger partial charge in [0.25, 0.3) is 0 Å². The van der Waals surface area contributed by atoms with Gasteiger partial charge in [-0.15, -0.1) is 11.3 Å². The molecule has 0 aliphatic carbocycles. The van der Waals surface area contributed by atoms with Gasteiger partial charge in [0.15, 0.2) is 5.96 Å². The van der Waals surface area contributed by atoms with Gasteiger partial charge in [-0.05, 0) is 50.2 Å². The van der Waals surface area contributed by atoms with E-state index in [2.05, 4.69) is 52.0 Å². The first-order chi connectivity index (χ1) is 11.3. The zero-order chi connectivity index (χ0) is 16.5. The smallest absolute Gasteiger partial charge is 0.190 e. The van der Waals surface area contributed by atoms with E-state index in [9.17, 15) is 0 Å². The number of thiophene rings is 1. The zero-order valence-electron chi connectivity index (χ0n) is 14.8. The van der Waals surface area contributed by atoms with E-state index >= 15 is 0 Å². The van der Waals surface area contributed by atoms with E-state index in [0.717, 1.165) is 19.0 Å². The maximum atomic E-state index is 4.36. The number of hydrogen-bond acceptors (Lipinski definition) is 3. The highest BCUT2D eigenvalue weighted by atomic mass is 32.1. The topological polar surface area (TPSA) is 39.7 Å². The molecule has 1 aromatic rings. The zero-order valence-corrected chi connectivity index (χ0v) is 15.7. The Morgan fingerprint density at radius 1 is 1.39 bits per heavy atom. The van der Waals surface area contributed by atoms with E-state index in [0.29, 0.717) is 12.0 Å². The molecule has 0 bridgehead atoms. The van der Waals surface area contributed by atoms with Gasteiger partial charge < -0.3 is 10.6 Å². The Morgan fingerprint density at radius 3 is 2.96 bits per heavy atom. The van der Waals surface area contributed by atoms with Crippen LogP contribution in [0.25, 0.3) is 0 Å². The van der Waals surface area contributed by atoms with Crippen LogP contribution in [0.2, 0.25) is 0 Å². The molecular formula is C18H32N4S. The molecule has 4 nitrogen and oxygen atoms in total. The first-order valence-electron chi connectivity index (χ1n) is 8.94. The molecule has 0 aromatic carbocycles. The van der Waals surface area contributed by atoms with Crippen LogP contribution in [-0.4, -0.2) is 44.6 Å². The molecule has 1 aliphatic rings. The lowest BCUT2D eigenvalue weighted by atomic mass is 9.88. The van der Waals surface area contributed by atoms with Gasteiger partial charge in [0, 0.05) is 31.1 Å². The van der Waals surface area contributed by atoms with Crippen molar-refractivity contribution in [1.82, 2.24) is 15.5 Å². The number of guanidine groups is 1. The van der Waals surface area contributed by atoms with Crippen molar-refractivity contribution in [3.8, 4) is 0 Å². The molecule has 2 heterocycles. The number of rotatable bonds is 7. The Balaban J connectivity index is 1.86. The van der Waals surface area contributed by atoms with Gasteiger partial charge >= 0.3 is 0 Å². The quantitative estimate of drug-likeness (QED) is 0.455. The fourth-order valence-corrected chi connectivity index (χ4v) is 4.40. The van der Waals surface area contributed by atoms with E-state index in [1.54, 1.807) is 0 Å².